The number of carbonyl (C=O) groups excluding carboxylic acids is 1. The molecule has 0 N–H and O–H groups in total. The number of aromatic nitrogens is 1. The van der Waals surface area contributed by atoms with E-state index < -0.39 is 0 Å². The molecule has 1 aliphatic heterocycles. The van der Waals surface area contributed by atoms with E-state index in [1.54, 1.807) is 12.1 Å². The topological polar surface area (TPSA) is 36.4 Å². The molecule has 4 nitrogen and oxygen atoms in total. The number of piperazine rings is 1. The molecule has 21 heavy (non-hydrogen) atoms. The summed E-state index contributed by atoms with van der Waals surface area (Å²) in [5.41, 5.74) is 1.07. The van der Waals surface area contributed by atoms with E-state index >= 15 is 0 Å². The minimum Gasteiger partial charge on any atom is -0.335 e. The lowest BCUT2D eigenvalue weighted by Crippen LogP contribution is -2.48. The highest BCUT2D eigenvalue weighted by molar-refractivity contribution is 7.17. The molecule has 0 spiro atoms. The van der Waals surface area contributed by atoms with Gasteiger partial charge in [0.25, 0.3) is 5.91 Å². The van der Waals surface area contributed by atoms with Crippen LogP contribution >= 0.6 is 22.9 Å². The van der Waals surface area contributed by atoms with Crippen molar-refractivity contribution < 1.29 is 4.79 Å². The molecule has 3 heterocycles. The Morgan fingerprint density at radius 2 is 2.00 bits per heavy atom. The number of hydrogen-bond donors (Lipinski definition) is 0. The second-order valence-corrected chi connectivity index (χ2v) is 6.71. The van der Waals surface area contributed by atoms with E-state index in [-0.39, 0.29) is 5.91 Å². The van der Waals surface area contributed by atoms with Gasteiger partial charge in [-0.1, -0.05) is 17.7 Å². The number of pyridine rings is 1. The Hall–Kier alpha value is -1.43. The average molecular weight is 322 g/mol. The third-order valence-electron chi connectivity index (χ3n) is 3.56. The van der Waals surface area contributed by atoms with Gasteiger partial charge in [-0.2, -0.15) is 0 Å². The van der Waals surface area contributed by atoms with Crippen LogP contribution in [0.5, 0.6) is 0 Å². The highest BCUT2D eigenvalue weighted by Gasteiger charge is 2.23. The van der Waals surface area contributed by atoms with Crippen molar-refractivity contribution in [1.82, 2.24) is 14.8 Å². The van der Waals surface area contributed by atoms with Gasteiger partial charge in [0.05, 0.1) is 14.9 Å². The van der Waals surface area contributed by atoms with Crippen LogP contribution in [0.4, 0.5) is 0 Å². The summed E-state index contributed by atoms with van der Waals surface area (Å²) >= 11 is 7.23. The van der Waals surface area contributed by atoms with E-state index in [1.807, 2.05) is 29.3 Å². The van der Waals surface area contributed by atoms with E-state index in [2.05, 4.69) is 9.88 Å². The van der Waals surface area contributed by atoms with E-state index in [9.17, 15) is 4.79 Å². The minimum atomic E-state index is 0.0874. The smallest absolute Gasteiger partial charge is 0.264 e. The van der Waals surface area contributed by atoms with Gasteiger partial charge in [-0.25, -0.2) is 0 Å². The molecule has 1 saturated heterocycles. The molecule has 0 aliphatic carbocycles. The Bertz CT molecular complexity index is 608. The SMILES string of the molecule is O=C(c1ccc(Cl)s1)N1CCN(Cc2ccccn2)CC1. The monoisotopic (exact) mass is 321 g/mol. The summed E-state index contributed by atoms with van der Waals surface area (Å²) in [4.78, 5) is 21.6. The van der Waals surface area contributed by atoms with Crippen LogP contribution in [0, 0.1) is 0 Å². The third-order valence-corrected chi connectivity index (χ3v) is 4.77. The van der Waals surface area contributed by atoms with Crippen LogP contribution in [0.1, 0.15) is 15.4 Å². The fourth-order valence-electron chi connectivity index (χ4n) is 2.41. The van der Waals surface area contributed by atoms with Crippen molar-refractivity contribution in [1.29, 1.82) is 0 Å². The first-order valence-electron chi connectivity index (χ1n) is 6.89. The summed E-state index contributed by atoms with van der Waals surface area (Å²) < 4.78 is 0.659. The summed E-state index contributed by atoms with van der Waals surface area (Å²) in [5, 5.41) is 0. The molecule has 6 heteroatoms. The third kappa shape index (κ3) is 3.61. The van der Waals surface area contributed by atoms with Crippen LogP contribution in [0.25, 0.3) is 0 Å². The zero-order chi connectivity index (χ0) is 14.7. The Balaban J connectivity index is 1.54. The van der Waals surface area contributed by atoms with Gasteiger partial charge < -0.3 is 4.90 Å². The highest BCUT2D eigenvalue weighted by Crippen LogP contribution is 2.23. The molecule has 2 aromatic rings. The number of carbonyl (C=O) groups is 1. The fraction of sp³-hybridized carbons (Fsp3) is 0.333. The molecular weight excluding hydrogens is 306 g/mol. The lowest BCUT2D eigenvalue weighted by atomic mass is 10.2. The molecule has 1 amide bonds. The van der Waals surface area contributed by atoms with Crippen LogP contribution in [0.3, 0.4) is 0 Å². The van der Waals surface area contributed by atoms with Gasteiger partial charge in [-0.15, -0.1) is 11.3 Å². The van der Waals surface area contributed by atoms with Gasteiger partial charge >= 0.3 is 0 Å². The van der Waals surface area contributed by atoms with Crippen molar-refractivity contribution in [2.24, 2.45) is 0 Å². The lowest BCUT2D eigenvalue weighted by Gasteiger charge is -2.34. The molecule has 110 valence electrons. The molecular formula is C15H16ClN3OS. The maximum absolute atomic E-state index is 12.3. The minimum absolute atomic E-state index is 0.0874. The van der Waals surface area contributed by atoms with Crippen molar-refractivity contribution in [2.45, 2.75) is 6.54 Å². The Morgan fingerprint density at radius 1 is 1.19 bits per heavy atom. The van der Waals surface area contributed by atoms with E-state index in [4.69, 9.17) is 11.6 Å². The van der Waals surface area contributed by atoms with Crippen molar-refractivity contribution in [2.75, 3.05) is 26.2 Å². The van der Waals surface area contributed by atoms with Crippen LogP contribution in [0.15, 0.2) is 36.5 Å². The molecule has 0 unspecified atom stereocenters. The van der Waals surface area contributed by atoms with Gasteiger partial charge in [0, 0.05) is 38.9 Å². The summed E-state index contributed by atoms with van der Waals surface area (Å²) in [6.45, 7) is 4.10. The summed E-state index contributed by atoms with van der Waals surface area (Å²) in [7, 11) is 0. The number of thiophene rings is 1. The molecule has 0 bridgehead atoms. The van der Waals surface area contributed by atoms with Crippen LogP contribution in [-0.2, 0) is 6.54 Å². The summed E-state index contributed by atoms with van der Waals surface area (Å²) in [5.74, 6) is 0.0874. The van der Waals surface area contributed by atoms with Crippen molar-refractivity contribution in [3.63, 3.8) is 0 Å². The maximum atomic E-state index is 12.3. The van der Waals surface area contributed by atoms with E-state index in [0.717, 1.165) is 43.3 Å². The molecule has 2 aromatic heterocycles. The molecule has 0 aromatic carbocycles. The zero-order valence-electron chi connectivity index (χ0n) is 11.5. The molecule has 1 aliphatic rings. The maximum Gasteiger partial charge on any atom is 0.264 e. The Labute approximate surface area is 133 Å². The standard InChI is InChI=1S/C15H16ClN3OS/c16-14-5-4-13(21-14)15(20)19-9-7-18(8-10-19)11-12-3-1-2-6-17-12/h1-6H,7-11H2. The largest absolute Gasteiger partial charge is 0.335 e. The molecule has 0 atom stereocenters. The molecule has 3 rings (SSSR count). The van der Waals surface area contributed by atoms with Crippen LogP contribution in [0.2, 0.25) is 4.34 Å². The Morgan fingerprint density at radius 3 is 2.62 bits per heavy atom. The van der Waals surface area contributed by atoms with Crippen LogP contribution < -0.4 is 0 Å². The highest BCUT2D eigenvalue weighted by atomic mass is 35.5. The molecule has 0 saturated carbocycles. The predicted octanol–water partition coefficient (Wildman–Crippen LogP) is 2.75. The fourth-order valence-corrected chi connectivity index (χ4v) is 3.43. The lowest BCUT2D eigenvalue weighted by molar-refractivity contribution is 0.0632. The summed E-state index contributed by atoms with van der Waals surface area (Å²) in [6.07, 6.45) is 1.82. The number of halogens is 1. The van der Waals surface area contributed by atoms with Crippen molar-refractivity contribution in [3.8, 4) is 0 Å². The summed E-state index contributed by atoms with van der Waals surface area (Å²) in [6, 6.07) is 9.53. The van der Waals surface area contributed by atoms with Gasteiger partial charge in [0.1, 0.15) is 0 Å². The van der Waals surface area contributed by atoms with Gasteiger partial charge in [0.15, 0.2) is 0 Å². The normalized spacial score (nSPS) is 16.1. The van der Waals surface area contributed by atoms with Gasteiger partial charge in [0.2, 0.25) is 0 Å². The van der Waals surface area contributed by atoms with Crippen molar-refractivity contribution >= 4 is 28.8 Å². The zero-order valence-corrected chi connectivity index (χ0v) is 13.1. The predicted molar refractivity (Wildman–Crippen MR) is 84.7 cm³/mol. The number of rotatable bonds is 3. The van der Waals surface area contributed by atoms with Crippen molar-refractivity contribution in [3.05, 3.63) is 51.4 Å². The second-order valence-electron chi connectivity index (χ2n) is 4.99. The van der Waals surface area contributed by atoms with E-state index in [0.29, 0.717) is 4.34 Å². The molecule has 1 fully saturated rings. The molecule has 0 radical (unpaired) electrons. The first-order chi connectivity index (χ1) is 10.2. The average Bonchev–Trinajstić information content (AvgIpc) is 2.95. The van der Waals surface area contributed by atoms with Gasteiger partial charge in [-0.3, -0.25) is 14.7 Å². The first kappa shape index (κ1) is 14.5. The first-order valence-corrected chi connectivity index (χ1v) is 8.09. The van der Waals surface area contributed by atoms with Crippen LogP contribution in [-0.4, -0.2) is 46.9 Å². The van der Waals surface area contributed by atoms with Gasteiger partial charge in [-0.05, 0) is 24.3 Å². The second kappa shape index (κ2) is 6.56. The quantitative estimate of drug-likeness (QED) is 0.872. The number of hydrogen-bond acceptors (Lipinski definition) is 4. The number of amides is 1. The number of nitrogens with zero attached hydrogens (tertiary/aromatic N) is 3. The Kier molecular flexibility index (Phi) is 4.53. The van der Waals surface area contributed by atoms with E-state index in [1.165, 1.54) is 11.3 Å².